The second-order valence-electron chi connectivity index (χ2n) is 35.9. The van der Waals surface area contributed by atoms with Crippen LogP contribution in [-0.4, -0.2) is 193 Å². The van der Waals surface area contributed by atoms with E-state index >= 15 is 0 Å². The lowest BCUT2D eigenvalue weighted by Gasteiger charge is -2.20. The number of aliphatic carboxylic acids is 4. The molecule has 0 spiro atoms. The fourth-order valence-electron chi connectivity index (χ4n) is 17.9. The number of carboxylic acid groups (broad SMARTS) is 4. The number of hydrogen-bond donors (Lipinski definition) is 16. The molecule has 15 rings (SSSR count). The fraction of sp³-hybridized carbons (Fsp3) is 0.359. The van der Waals surface area contributed by atoms with Crippen LogP contribution in [0.4, 0.5) is 5.95 Å². The van der Waals surface area contributed by atoms with Gasteiger partial charge >= 0.3 is 23.9 Å². The highest BCUT2D eigenvalue weighted by Crippen LogP contribution is 2.36. The minimum atomic E-state index is -1.19. The van der Waals surface area contributed by atoms with Gasteiger partial charge in [-0.3, -0.25) is 53.3 Å². The molecule has 4 aliphatic carbocycles. The predicted octanol–water partition coefficient (Wildman–Crippen LogP) is 14.4. The molecule has 143 heavy (non-hydrogen) atoms. The maximum Gasteiger partial charge on any atom is 0.326 e. The maximum atomic E-state index is 12.9. The summed E-state index contributed by atoms with van der Waals surface area (Å²) < 4.78 is 0. The Morgan fingerprint density at radius 3 is 0.881 bits per heavy atom. The number of imidazole rings is 1. The van der Waals surface area contributed by atoms with Crippen LogP contribution in [0.1, 0.15) is 169 Å². The van der Waals surface area contributed by atoms with E-state index in [-0.39, 0.29) is 171 Å². The number of Topliss-reactive ketones (excluding diaryl/α,β-unsaturated/α-hetero) is 4. The molecular weight excluding hydrogens is 2000 g/mol. The average Bonchev–Trinajstić information content (AvgIpc) is 1.59. The van der Waals surface area contributed by atoms with Crippen LogP contribution in [0.25, 0.3) is 0 Å². The van der Waals surface area contributed by atoms with Crippen molar-refractivity contribution in [2.75, 3.05) is 31.5 Å². The number of hydrogen-bond acceptors (Lipinski definition) is 21. The van der Waals surface area contributed by atoms with Gasteiger partial charge < -0.3 is 84.7 Å². The van der Waals surface area contributed by atoms with Crippen molar-refractivity contribution in [2.45, 2.75) is 183 Å². The molecule has 12 atom stereocenters. The number of amides is 4. The lowest BCUT2D eigenvalue weighted by molar-refractivity contribution is -0.140. The Bertz CT molecular complexity index is 6080. The lowest BCUT2D eigenvalue weighted by atomic mass is 9.95. The van der Waals surface area contributed by atoms with Crippen LogP contribution in [0.3, 0.4) is 0 Å². The number of nitrogens with two attached hydrogens (primary N) is 2. The Morgan fingerprint density at radius 1 is 0.350 bits per heavy atom. The van der Waals surface area contributed by atoms with Gasteiger partial charge in [-0.25, -0.2) is 24.2 Å². The Kier molecular flexibility index (Phi) is 40.5. The summed E-state index contributed by atoms with van der Waals surface area (Å²) in [6.07, 6.45) is 15.9. The first-order valence-corrected chi connectivity index (χ1v) is 49.8. The predicted molar refractivity (Wildman–Crippen MR) is 551 cm³/mol. The van der Waals surface area contributed by atoms with Gasteiger partial charge in [0, 0.05) is 125 Å². The summed E-state index contributed by atoms with van der Waals surface area (Å²) in [5, 5.41) is 66.2. The number of H-pyrrole nitrogens is 1. The van der Waals surface area contributed by atoms with E-state index in [0.29, 0.717) is 36.8 Å². The van der Waals surface area contributed by atoms with Gasteiger partial charge in [-0.1, -0.05) is 214 Å². The van der Waals surface area contributed by atoms with E-state index < -0.39 is 71.7 Å². The first-order chi connectivity index (χ1) is 68.5. The highest BCUT2D eigenvalue weighted by molar-refractivity contribution is 6.42. The highest BCUT2D eigenvalue weighted by atomic mass is 35.5. The van der Waals surface area contributed by atoms with Gasteiger partial charge in [-0.2, -0.15) is 0 Å². The summed E-state index contributed by atoms with van der Waals surface area (Å²) in [7, 11) is 0. The summed E-state index contributed by atoms with van der Waals surface area (Å²) in [5.74, 6) is -4.20. The molecule has 754 valence electrons. The molecule has 4 saturated carbocycles. The third-order valence-corrected chi connectivity index (χ3v) is 28.0. The Hall–Kier alpha value is -12.7. The zero-order valence-corrected chi connectivity index (χ0v) is 83.6. The van der Waals surface area contributed by atoms with E-state index in [1.165, 1.54) is 48.5 Å². The quantitative estimate of drug-likeness (QED) is 0.0127. The number of carbonyl (C=O) groups is 12. The molecule has 3 heterocycles. The van der Waals surface area contributed by atoms with Gasteiger partial charge in [-0.05, 0) is 177 Å². The molecule has 0 radical (unpaired) electrons. The Morgan fingerprint density at radius 2 is 0.622 bits per heavy atom. The molecule has 4 fully saturated rings. The number of aromatic nitrogens is 2. The number of halogens is 8. The molecule has 0 unspecified atom stereocenters. The van der Waals surface area contributed by atoms with Gasteiger partial charge in [0.2, 0.25) is 0 Å². The number of benzene rings is 8. The molecule has 18 N–H and O–H groups in total. The van der Waals surface area contributed by atoms with E-state index in [0.717, 1.165) is 154 Å². The smallest absolute Gasteiger partial charge is 0.326 e. The van der Waals surface area contributed by atoms with Crippen LogP contribution in [0.2, 0.25) is 40.2 Å². The van der Waals surface area contributed by atoms with Gasteiger partial charge in [-0.15, -0.1) is 0 Å². The van der Waals surface area contributed by atoms with Crippen LogP contribution < -0.4 is 59.3 Å². The molecule has 0 saturated heterocycles. The second kappa shape index (κ2) is 53.1. The summed E-state index contributed by atoms with van der Waals surface area (Å²) >= 11 is 48.5. The Balaban J connectivity index is 0.000000170. The number of nitrogens with one attached hydrogen (secondary N) is 10. The van der Waals surface area contributed by atoms with Gasteiger partial charge in [0.1, 0.15) is 47.3 Å². The molecule has 32 nitrogen and oxygen atoms in total. The molecule has 2 aliphatic heterocycles. The van der Waals surface area contributed by atoms with E-state index in [9.17, 15) is 78.0 Å². The van der Waals surface area contributed by atoms with Crippen molar-refractivity contribution < 1.29 is 78.0 Å². The average molecular weight is 2110 g/mol. The molecule has 6 aliphatic rings. The summed E-state index contributed by atoms with van der Waals surface area (Å²) in [6, 6.07) is 43.4. The van der Waals surface area contributed by atoms with Crippen molar-refractivity contribution in [3.63, 3.8) is 0 Å². The number of anilines is 1. The van der Waals surface area contributed by atoms with E-state index in [1.807, 2.05) is 36.4 Å². The van der Waals surface area contributed by atoms with Crippen molar-refractivity contribution in [1.29, 1.82) is 0 Å². The minimum Gasteiger partial charge on any atom is -0.480 e. The van der Waals surface area contributed by atoms with Gasteiger partial charge in [0.25, 0.3) is 23.6 Å². The number of carboxylic acids is 4. The van der Waals surface area contributed by atoms with Crippen LogP contribution in [-0.2, 0) is 89.7 Å². The van der Waals surface area contributed by atoms with Crippen molar-refractivity contribution in [3.05, 3.63) is 289 Å². The SMILES string of the molecule is NC(N)=N[C@@H]1CC[C@@H](C(=O)Cc2ccc(C[C@H](NC(=O)c3c(Cl)cccc3Cl)C(=O)O)cc2)C1.O=C(N[C@@H](Cc1ccc(CC(=O)[C@@H]2CC[C@@H](NC3=NCCCN3)C2)cc1)C(=O)O)c1c(Cl)cccc1Cl.O=C(N[C@@H](Cc1ccc(CC(=O)[C@@H]2CC[C@@H](NC3=NCCN3)C2)cc1)C(=O)O)c1c(Cl)cccc1Cl.O=C(N[C@@H](Cc1ccc(CC(=O)[C@@H]2CC[C@@H](Nc3ncc[nH]3)C2)cc1)C(=O)O)c1c(Cl)cccc1Cl. The first kappa shape index (κ1) is 109. The summed E-state index contributed by atoms with van der Waals surface area (Å²) in [6.45, 7) is 3.38. The normalized spacial score (nSPS) is 19.0. The third kappa shape index (κ3) is 32.7. The van der Waals surface area contributed by atoms with E-state index in [4.69, 9.17) is 104 Å². The largest absolute Gasteiger partial charge is 0.480 e. The topological polar surface area (TPSA) is 512 Å². The molecule has 0 bridgehead atoms. The monoisotopic (exact) mass is 2110 g/mol. The molecule has 40 heteroatoms. The fourth-order valence-corrected chi connectivity index (χ4v) is 20.2. The van der Waals surface area contributed by atoms with Crippen LogP contribution in [0.15, 0.2) is 197 Å². The lowest BCUT2D eigenvalue weighted by Crippen LogP contribution is -2.45. The van der Waals surface area contributed by atoms with Crippen molar-refractivity contribution >= 4 is 187 Å². The zero-order chi connectivity index (χ0) is 103. The molecule has 1 aromatic heterocycles. The number of nitrogens with zero attached hydrogens (tertiary/aromatic N) is 4. The number of rotatable bonds is 37. The highest BCUT2D eigenvalue weighted by Gasteiger charge is 2.37. The summed E-state index contributed by atoms with van der Waals surface area (Å²) in [5.41, 5.74) is 17.3. The Labute approximate surface area is 865 Å². The molecule has 8 aromatic carbocycles. The van der Waals surface area contributed by atoms with E-state index in [1.54, 1.807) is 97.3 Å². The van der Waals surface area contributed by atoms with Gasteiger partial charge in [0.15, 0.2) is 23.8 Å². The van der Waals surface area contributed by atoms with Crippen LogP contribution in [0, 0.1) is 23.7 Å². The third-order valence-electron chi connectivity index (χ3n) is 25.5. The number of aliphatic imine (C=N–C) groups is 3. The van der Waals surface area contributed by atoms with Crippen molar-refractivity contribution in [2.24, 2.45) is 50.1 Å². The van der Waals surface area contributed by atoms with E-state index in [2.05, 4.69) is 72.8 Å². The number of aromatic amines is 1. The van der Waals surface area contributed by atoms with Crippen molar-refractivity contribution in [1.82, 2.24) is 52.5 Å². The molecular formula is C103H110Cl8N16O16. The van der Waals surface area contributed by atoms with Crippen LogP contribution in [0.5, 0.6) is 0 Å². The number of guanidine groups is 3. The second-order valence-corrected chi connectivity index (χ2v) is 39.1. The maximum absolute atomic E-state index is 12.9. The van der Waals surface area contributed by atoms with Crippen LogP contribution >= 0.6 is 92.8 Å². The first-order valence-electron chi connectivity index (χ1n) is 46.8. The zero-order valence-electron chi connectivity index (χ0n) is 77.6. The number of carbonyl (C=O) groups excluding carboxylic acids is 8. The van der Waals surface area contributed by atoms with Crippen molar-refractivity contribution in [3.8, 4) is 0 Å². The standard InChI is InChI=1S/C27H30Cl2N4O4.C26H28Cl2N4O4.C26H26Cl2N4O4.C24H26Cl2N4O4/c28-20-3-1-4-21(29)24(20)25(35)33-22(26(36)37)13-16-5-7-17(8-6-16)14-23(34)18-9-10-19(15-18)32-27-30-11-2-12-31-27;2*27-19-2-1-3-20(28)23(19)24(34)32-21(25(35)36)12-15-4-6-16(7-5-15)13-22(33)17-8-9-18(14-17)31-26-29-10-11-30-26;25-17-2-1-3-18(26)21(17)22(32)30-19(23(33)34)10-13-4-6-14(7-5-13)11-20(31)15-8-9-16(12-15)29-24(27)28/h1,3-8,18-19,22H,2,9-15H2,(H,33,35)(H,36,37)(H2,30,31,32);1-7,17-18,21H,8-14H2,(H,32,34)(H,35,36)(H2,29,30,31);1-7,10-11,17-18,21H,8-9,12-14H2,(H,32,34)(H,35,36)(H2,29,30,31);1-7,15-16,19H,8-12H2,(H,30,32)(H,33,34)(H4,27,28,29)/t18-,19-,22+;2*17-,18-,21+;15-,16-,19+/m1111/s1. The molecule has 9 aromatic rings. The molecule has 4 amide bonds. The van der Waals surface area contributed by atoms with Gasteiger partial charge in [0.05, 0.1) is 75.0 Å². The summed E-state index contributed by atoms with van der Waals surface area (Å²) in [4.78, 5) is 169. The number of ketones is 4. The minimum absolute atomic E-state index is 0.000349.